The molecule has 2 atom stereocenters. The second-order valence-corrected chi connectivity index (χ2v) is 9.58. The number of nitrogens with one attached hydrogen (secondary N) is 2. The summed E-state index contributed by atoms with van der Waals surface area (Å²) in [5.74, 6) is -4.61. The number of rotatable bonds is 9. The lowest BCUT2D eigenvalue weighted by Gasteiger charge is -2.30. The van der Waals surface area contributed by atoms with Crippen molar-refractivity contribution in [2.24, 2.45) is 5.92 Å². The second-order valence-electron chi connectivity index (χ2n) is 9.58. The third kappa shape index (κ3) is 7.71. The van der Waals surface area contributed by atoms with Gasteiger partial charge in [-0.05, 0) is 53.8 Å². The van der Waals surface area contributed by atoms with Gasteiger partial charge in [0.2, 0.25) is 0 Å². The van der Waals surface area contributed by atoms with Gasteiger partial charge in [0.05, 0.1) is 12.0 Å². The van der Waals surface area contributed by atoms with Crippen molar-refractivity contribution in [1.29, 1.82) is 0 Å². The van der Waals surface area contributed by atoms with Crippen molar-refractivity contribution in [1.82, 2.24) is 10.8 Å². The molecule has 0 spiro atoms. The van der Waals surface area contributed by atoms with Gasteiger partial charge in [-0.3, -0.25) is 0 Å². The van der Waals surface area contributed by atoms with Crippen LogP contribution in [-0.4, -0.2) is 24.5 Å². The van der Waals surface area contributed by atoms with Gasteiger partial charge >= 0.3 is 24.5 Å². The highest BCUT2D eigenvalue weighted by atomic mass is 19.3. The van der Waals surface area contributed by atoms with Crippen molar-refractivity contribution >= 4 is 12.0 Å². The van der Waals surface area contributed by atoms with Crippen LogP contribution in [0.5, 0.6) is 5.75 Å². The van der Waals surface area contributed by atoms with Crippen LogP contribution in [0.2, 0.25) is 0 Å². The number of carbonyl (C=O) groups excluding carboxylic acids is 2. The number of hydrogen-bond donors (Lipinski definition) is 2. The van der Waals surface area contributed by atoms with Crippen LogP contribution in [-0.2, 0) is 9.63 Å². The molecule has 0 heterocycles. The van der Waals surface area contributed by atoms with E-state index in [2.05, 4.69) is 15.5 Å². The minimum Gasteiger partial charge on any atom is -0.428 e. The van der Waals surface area contributed by atoms with E-state index in [9.17, 15) is 35.9 Å². The van der Waals surface area contributed by atoms with E-state index in [0.29, 0.717) is 30.0 Å². The summed E-state index contributed by atoms with van der Waals surface area (Å²) in [6.45, 7) is 0. The van der Waals surface area contributed by atoms with Gasteiger partial charge in [-0.15, -0.1) is 0 Å². The molecular formula is C29H26F6N2O4. The molecule has 1 aliphatic carbocycles. The van der Waals surface area contributed by atoms with Gasteiger partial charge in [0.25, 0.3) is 0 Å². The van der Waals surface area contributed by atoms with Crippen molar-refractivity contribution in [2.45, 2.75) is 50.2 Å². The molecule has 0 radical (unpaired) electrons. The maximum absolute atomic E-state index is 14.7. The first kappa shape index (κ1) is 29.8. The first-order chi connectivity index (χ1) is 19.5. The molecule has 3 aromatic carbocycles. The highest BCUT2D eigenvalue weighted by Gasteiger charge is 2.44. The first-order valence-corrected chi connectivity index (χ1v) is 12.8. The summed E-state index contributed by atoms with van der Waals surface area (Å²) in [6.07, 6.45) is -6.09. The Kier molecular flexibility index (Phi) is 9.41. The van der Waals surface area contributed by atoms with Crippen LogP contribution in [0.1, 0.15) is 54.3 Å². The third-order valence-electron chi connectivity index (χ3n) is 6.70. The molecule has 3 aromatic rings. The smallest absolute Gasteiger partial charge is 0.428 e. The molecule has 0 bridgehead atoms. The number of benzene rings is 3. The van der Waals surface area contributed by atoms with E-state index in [-0.39, 0.29) is 11.5 Å². The van der Waals surface area contributed by atoms with Crippen molar-refractivity contribution < 1.29 is 45.5 Å². The molecule has 0 aliphatic heterocycles. The molecular weight excluding hydrogens is 554 g/mol. The quantitative estimate of drug-likeness (QED) is 0.211. The van der Waals surface area contributed by atoms with Crippen LogP contribution >= 0.6 is 0 Å². The van der Waals surface area contributed by atoms with E-state index in [1.165, 1.54) is 12.1 Å². The van der Waals surface area contributed by atoms with Gasteiger partial charge in [0.15, 0.2) is 0 Å². The summed E-state index contributed by atoms with van der Waals surface area (Å²) in [5, 5.41) is 2.64. The van der Waals surface area contributed by atoms with Crippen LogP contribution in [0.4, 0.5) is 31.1 Å². The fourth-order valence-electron chi connectivity index (χ4n) is 4.80. The summed E-state index contributed by atoms with van der Waals surface area (Å²) in [4.78, 5) is 30.2. The highest BCUT2D eigenvalue weighted by molar-refractivity contribution is 5.78. The summed E-state index contributed by atoms with van der Waals surface area (Å²) in [7, 11) is 0. The number of hydroxylamine groups is 1. The van der Waals surface area contributed by atoms with E-state index in [0.717, 1.165) is 37.1 Å². The Labute approximate surface area is 231 Å². The molecule has 6 nitrogen and oxygen atoms in total. The molecule has 0 saturated heterocycles. The Morgan fingerprint density at radius 1 is 0.829 bits per heavy atom. The average molecular weight is 581 g/mol. The lowest BCUT2D eigenvalue weighted by atomic mass is 9.81. The summed E-state index contributed by atoms with van der Waals surface area (Å²) >= 11 is 0. The molecule has 0 aromatic heterocycles. The molecule has 1 fully saturated rings. The van der Waals surface area contributed by atoms with Crippen molar-refractivity contribution in [3.63, 3.8) is 0 Å². The van der Waals surface area contributed by atoms with E-state index in [1.807, 2.05) is 0 Å². The Morgan fingerprint density at radius 2 is 1.49 bits per heavy atom. The topological polar surface area (TPSA) is 76.7 Å². The maximum Gasteiger partial charge on any atom is 0.461 e. The Hall–Kier alpha value is -4.22. The van der Waals surface area contributed by atoms with Crippen LogP contribution in [0.25, 0.3) is 0 Å². The SMILES string of the molecule is O=C(NOC(=O)C1CCCC1)NC(c1ccccc1)[C@H](c1ccc(F)cc1)c1cc(F)cc(OC(F)(F)C(F)F)c1. The van der Waals surface area contributed by atoms with Gasteiger partial charge in [-0.2, -0.15) is 23.0 Å². The number of ether oxygens (including phenoxy) is 1. The summed E-state index contributed by atoms with van der Waals surface area (Å²) in [6, 6.07) is 13.5. The van der Waals surface area contributed by atoms with Gasteiger partial charge < -0.3 is 14.9 Å². The number of urea groups is 1. The van der Waals surface area contributed by atoms with Crippen molar-refractivity contribution in [2.75, 3.05) is 0 Å². The minimum absolute atomic E-state index is 0.0613. The van der Waals surface area contributed by atoms with Gasteiger partial charge in [-0.1, -0.05) is 55.3 Å². The molecule has 12 heteroatoms. The lowest BCUT2D eigenvalue weighted by Crippen LogP contribution is -2.42. The van der Waals surface area contributed by atoms with E-state index in [4.69, 9.17) is 4.84 Å². The predicted molar refractivity (Wildman–Crippen MR) is 135 cm³/mol. The Bertz CT molecular complexity index is 1330. The van der Waals surface area contributed by atoms with Gasteiger partial charge in [0.1, 0.15) is 17.4 Å². The van der Waals surface area contributed by atoms with E-state index >= 15 is 0 Å². The monoisotopic (exact) mass is 580 g/mol. The predicted octanol–water partition coefficient (Wildman–Crippen LogP) is 7.02. The maximum atomic E-state index is 14.7. The Balaban J connectivity index is 1.72. The zero-order chi connectivity index (χ0) is 29.6. The summed E-state index contributed by atoms with van der Waals surface area (Å²) in [5.41, 5.74) is 2.74. The molecule has 4 rings (SSSR count). The minimum atomic E-state index is -4.91. The number of carbonyl (C=O) groups is 2. The standard InChI is InChI=1S/C29H26F6N2O4/c30-21-12-10-17(11-13-21)24(20-14-22(31)16-23(15-20)40-29(34,35)27(32)33)25(18-6-2-1-3-7-18)36-28(39)37-41-26(38)19-8-4-5-9-19/h1-3,6-7,10-16,19,24-25,27H,4-5,8-9H2,(H2,36,37,39)/t24-,25?/m1/s1. The Morgan fingerprint density at radius 3 is 2.12 bits per heavy atom. The molecule has 1 unspecified atom stereocenters. The third-order valence-corrected chi connectivity index (χ3v) is 6.70. The number of hydrogen-bond acceptors (Lipinski definition) is 4. The molecule has 2 amide bonds. The second kappa shape index (κ2) is 13.0. The van der Waals surface area contributed by atoms with E-state index in [1.54, 1.807) is 30.3 Å². The fraction of sp³-hybridized carbons (Fsp3) is 0.310. The first-order valence-electron chi connectivity index (χ1n) is 12.8. The normalized spacial score (nSPS) is 15.3. The summed E-state index contributed by atoms with van der Waals surface area (Å²) < 4.78 is 85.6. The van der Waals surface area contributed by atoms with Crippen LogP contribution in [0.3, 0.4) is 0 Å². The molecule has 1 saturated carbocycles. The highest BCUT2D eigenvalue weighted by Crippen LogP contribution is 2.40. The largest absolute Gasteiger partial charge is 0.461 e. The fourth-order valence-corrected chi connectivity index (χ4v) is 4.80. The average Bonchev–Trinajstić information content (AvgIpc) is 3.48. The lowest BCUT2D eigenvalue weighted by molar-refractivity contribution is -0.253. The van der Waals surface area contributed by atoms with Crippen molar-refractivity contribution in [3.8, 4) is 5.75 Å². The van der Waals surface area contributed by atoms with Crippen LogP contribution in [0, 0.1) is 17.6 Å². The van der Waals surface area contributed by atoms with Crippen LogP contribution < -0.4 is 15.5 Å². The van der Waals surface area contributed by atoms with Crippen LogP contribution in [0.15, 0.2) is 72.8 Å². The molecule has 2 N–H and O–H groups in total. The number of alkyl halides is 4. The number of amides is 2. The van der Waals surface area contributed by atoms with Gasteiger partial charge in [0, 0.05) is 12.0 Å². The zero-order valence-electron chi connectivity index (χ0n) is 21.5. The molecule has 1 aliphatic rings. The number of halogens is 6. The van der Waals surface area contributed by atoms with Gasteiger partial charge in [-0.25, -0.2) is 18.4 Å². The molecule has 41 heavy (non-hydrogen) atoms. The van der Waals surface area contributed by atoms with E-state index < -0.39 is 53.9 Å². The van der Waals surface area contributed by atoms with Crippen molar-refractivity contribution in [3.05, 3.63) is 101 Å². The molecule has 218 valence electrons. The zero-order valence-corrected chi connectivity index (χ0v) is 21.5.